The van der Waals surface area contributed by atoms with Crippen LogP contribution < -0.4 is 4.90 Å². The van der Waals surface area contributed by atoms with Crippen molar-refractivity contribution in [3.63, 3.8) is 0 Å². The first-order valence-corrected chi connectivity index (χ1v) is 6.82. The first kappa shape index (κ1) is 12.2. The van der Waals surface area contributed by atoms with Gasteiger partial charge in [-0.3, -0.25) is 0 Å². The van der Waals surface area contributed by atoms with E-state index in [0.29, 0.717) is 5.92 Å². The summed E-state index contributed by atoms with van der Waals surface area (Å²) in [7, 11) is 0. The normalized spacial score (nSPS) is 25.9. The highest BCUT2D eigenvalue weighted by Gasteiger charge is 2.26. The number of rotatable bonds is 1. The Bertz CT molecular complexity index is 383. The molecule has 88 valence electrons. The van der Waals surface area contributed by atoms with E-state index in [1.165, 1.54) is 5.56 Å². The van der Waals surface area contributed by atoms with E-state index in [1.54, 1.807) is 0 Å². The first-order chi connectivity index (χ1) is 7.59. The molecule has 0 bridgehead atoms. The summed E-state index contributed by atoms with van der Waals surface area (Å²) in [6.45, 7) is 6.23. The van der Waals surface area contributed by atoms with Gasteiger partial charge in [0.05, 0.1) is 9.85 Å². The highest BCUT2D eigenvalue weighted by atomic mass is 79.9. The number of aromatic nitrogens is 1. The Morgan fingerprint density at radius 1 is 1.56 bits per heavy atom. The monoisotopic (exact) mass is 302 g/mol. The van der Waals surface area contributed by atoms with Gasteiger partial charge in [-0.1, -0.05) is 6.92 Å². The van der Waals surface area contributed by atoms with Crippen LogP contribution in [0.15, 0.2) is 16.7 Å². The molecule has 0 amide bonds. The van der Waals surface area contributed by atoms with Gasteiger partial charge in [-0.15, -0.1) is 11.6 Å². The molecule has 4 heteroatoms. The molecule has 2 nitrogen and oxygen atoms in total. The molecule has 2 heterocycles. The van der Waals surface area contributed by atoms with E-state index in [1.807, 2.05) is 12.3 Å². The molecule has 0 N–H and O–H groups in total. The topological polar surface area (TPSA) is 16.1 Å². The Morgan fingerprint density at radius 2 is 2.31 bits per heavy atom. The summed E-state index contributed by atoms with van der Waals surface area (Å²) >= 11 is 9.92. The van der Waals surface area contributed by atoms with Crippen molar-refractivity contribution in [3.05, 3.63) is 22.3 Å². The van der Waals surface area contributed by atoms with Crippen molar-refractivity contribution in [1.82, 2.24) is 4.98 Å². The number of pyridine rings is 1. The van der Waals surface area contributed by atoms with E-state index in [9.17, 15) is 0 Å². The molecular weight excluding hydrogens is 288 g/mol. The molecule has 16 heavy (non-hydrogen) atoms. The summed E-state index contributed by atoms with van der Waals surface area (Å²) in [6.07, 6.45) is 2.99. The highest BCUT2D eigenvalue weighted by molar-refractivity contribution is 9.10. The maximum Gasteiger partial charge on any atom is 0.143 e. The lowest BCUT2D eigenvalue weighted by atomic mass is 9.98. The Balaban J connectivity index is 2.22. The van der Waals surface area contributed by atoms with Crippen LogP contribution >= 0.6 is 27.5 Å². The van der Waals surface area contributed by atoms with Crippen LogP contribution in [0.3, 0.4) is 0 Å². The van der Waals surface area contributed by atoms with Crippen LogP contribution in [0.1, 0.15) is 18.9 Å². The predicted molar refractivity (Wildman–Crippen MR) is 72.3 cm³/mol. The first-order valence-electron chi connectivity index (χ1n) is 5.59. The predicted octanol–water partition coefficient (Wildman–Crippen LogP) is 3.61. The van der Waals surface area contributed by atoms with Crippen LogP contribution in [0, 0.1) is 12.8 Å². The molecule has 1 aliphatic heterocycles. The lowest BCUT2D eigenvalue weighted by Crippen LogP contribution is -2.41. The van der Waals surface area contributed by atoms with Gasteiger partial charge in [-0.25, -0.2) is 4.98 Å². The van der Waals surface area contributed by atoms with Gasteiger partial charge in [0.15, 0.2) is 0 Å². The molecule has 0 spiro atoms. The molecule has 2 atom stereocenters. The van der Waals surface area contributed by atoms with Gasteiger partial charge in [-0.05, 0) is 46.8 Å². The van der Waals surface area contributed by atoms with Crippen molar-refractivity contribution in [2.45, 2.75) is 25.6 Å². The molecule has 0 aromatic carbocycles. The maximum absolute atomic E-state index is 6.32. The lowest BCUT2D eigenvalue weighted by molar-refractivity contribution is 0.443. The van der Waals surface area contributed by atoms with Crippen molar-refractivity contribution in [2.75, 3.05) is 18.0 Å². The van der Waals surface area contributed by atoms with Crippen molar-refractivity contribution in [3.8, 4) is 0 Å². The summed E-state index contributed by atoms with van der Waals surface area (Å²) in [6, 6.07) is 2.01. The second-order valence-electron chi connectivity index (χ2n) is 4.49. The average molecular weight is 304 g/mol. The molecular formula is C12H16BrClN2. The van der Waals surface area contributed by atoms with Gasteiger partial charge in [-0.2, -0.15) is 0 Å². The third-order valence-electron chi connectivity index (χ3n) is 3.23. The lowest BCUT2D eigenvalue weighted by Gasteiger charge is -2.35. The largest absolute Gasteiger partial charge is 0.354 e. The summed E-state index contributed by atoms with van der Waals surface area (Å²) < 4.78 is 1.09. The Kier molecular flexibility index (Phi) is 3.75. The molecule has 1 fully saturated rings. The standard InChI is InChI=1S/C12H16BrClN2/c1-8-4-6-16(7-10(8)14)12-11(13)9(2)3-5-15-12/h3,5,8,10H,4,6-7H2,1-2H3. The van der Waals surface area contributed by atoms with Crippen LogP contribution in [0.25, 0.3) is 0 Å². The Hall–Kier alpha value is -0.280. The van der Waals surface area contributed by atoms with Gasteiger partial charge < -0.3 is 4.90 Å². The second kappa shape index (κ2) is 4.92. The van der Waals surface area contributed by atoms with E-state index < -0.39 is 0 Å². The van der Waals surface area contributed by atoms with Gasteiger partial charge in [0.25, 0.3) is 0 Å². The molecule has 1 saturated heterocycles. The van der Waals surface area contributed by atoms with Crippen LogP contribution in [0.4, 0.5) is 5.82 Å². The fourth-order valence-electron chi connectivity index (χ4n) is 1.96. The maximum atomic E-state index is 6.32. The van der Waals surface area contributed by atoms with Crippen molar-refractivity contribution < 1.29 is 0 Å². The number of alkyl halides is 1. The van der Waals surface area contributed by atoms with E-state index in [4.69, 9.17) is 11.6 Å². The zero-order valence-electron chi connectivity index (χ0n) is 9.58. The number of hydrogen-bond donors (Lipinski definition) is 0. The summed E-state index contributed by atoms with van der Waals surface area (Å²) in [5.41, 5.74) is 1.22. The van der Waals surface area contributed by atoms with Gasteiger partial charge in [0.2, 0.25) is 0 Å². The minimum absolute atomic E-state index is 0.225. The summed E-state index contributed by atoms with van der Waals surface area (Å²) in [5.74, 6) is 1.62. The van der Waals surface area contributed by atoms with Gasteiger partial charge in [0.1, 0.15) is 5.82 Å². The smallest absolute Gasteiger partial charge is 0.143 e. The highest BCUT2D eigenvalue weighted by Crippen LogP contribution is 2.31. The number of halogens is 2. The summed E-state index contributed by atoms with van der Waals surface area (Å²) in [4.78, 5) is 6.72. The molecule has 1 aromatic heterocycles. The van der Waals surface area contributed by atoms with Crippen LogP contribution in [-0.4, -0.2) is 23.5 Å². The Labute approximate surface area is 110 Å². The molecule has 0 radical (unpaired) electrons. The number of anilines is 1. The zero-order chi connectivity index (χ0) is 11.7. The fourth-order valence-corrected chi connectivity index (χ4v) is 2.74. The van der Waals surface area contributed by atoms with E-state index in [-0.39, 0.29) is 5.38 Å². The summed E-state index contributed by atoms with van der Waals surface area (Å²) in [5, 5.41) is 0.225. The molecule has 0 saturated carbocycles. The molecule has 1 aliphatic rings. The van der Waals surface area contributed by atoms with Crippen molar-refractivity contribution in [1.29, 1.82) is 0 Å². The molecule has 2 rings (SSSR count). The molecule has 0 aliphatic carbocycles. The van der Waals surface area contributed by atoms with E-state index in [0.717, 1.165) is 29.8 Å². The molecule has 1 aromatic rings. The quantitative estimate of drug-likeness (QED) is 0.737. The number of hydrogen-bond acceptors (Lipinski definition) is 2. The minimum Gasteiger partial charge on any atom is -0.354 e. The Morgan fingerprint density at radius 3 is 3.00 bits per heavy atom. The van der Waals surface area contributed by atoms with Crippen molar-refractivity contribution in [2.24, 2.45) is 5.92 Å². The van der Waals surface area contributed by atoms with Gasteiger partial charge in [0, 0.05) is 19.3 Å². The number of nitrogens with zero attached hydrogens (tertiary/aromatic N) is 2. The third kappa shape index (κ3) is 2.35. The molecule has 2 unspecified atom stereocenters. The van der Waals surface area contributed by atoms with Crippen LogP contribution in [0.2, 0.25) is 0 Å². The fraction of sp³-hybridized carbons (Fsp3) is 0.583. The number of piperidine rings is 1. The SMILES string of the molecule is Cc1ccnc(N2CCC(C)C(Cl)C2)c1Br. The van der Waals surface area contributed by atoms with Crippen LogP contribution in [-0.2, 0) is 0 Å². The van der Waals surface area contributed by atoms with E-state index in [2.05, 4.69) is 39.7 Å². The average Bonchev–Trinajstić information content (AvgIpc) is 2.26. The number of aryl methyl sites for hydroxylation is 1. The second-order valence-corrected chi connectivity index (χ2v) is 5.85. The zero-order valence-corrected chi connectivity index (χ0v) is 11.9. The third-order valence-corrected chi connectivity index (χ3v) is 4.78. The van der Waals surface area contributed by atoms with E-state index >= 15 is 0 Å². The van der Waals surface area contributed by atoms with Crippen molar-refractivity contribution >= 4 is 33.3 Å². The van der Waals surface area contributed by atoms with Crippen LogP contribution in [0.5, 0.6) is 0 Å². The minimum atomic E-state index is 0.225. The van der Waals surface area contributed by atoms with Gasteiger partial charge >= 0.3 is 0 Å².